The average Bonchev–Trinajstić information content (AvgIpc) is 2.34. The van der Waals surface area contributed by atoms with E-state index in [1.165, 1.54) is 12.8 Å². The molecule has 1 aliphatic rings. The minimum Gasteiger partial charge on any atom is -0.308 e. The summed E-state index contributed by atoms with van der Waals surface area (Å²) in [5.41, 5.74) is 0. The molecule has 13 heavy (non-hydrogen) atoms. The molecule has 0 aromatic rings. The van der Waals surface area contributed by atoms with Gasteiger partial charge in [-0.1, -0.05) is 0 Å². The normalized spacial score (nSPS) is 24.2. The van der Waals surface area contributed by atoms with E-state index in [1.54, 1.807) is 6.92 Å². The van der Waals surface area contributed by atoms with Gasteiger partial charge < -0.3 is 4.90 Å². The van der Waals surface area contributed by atoms with Crippen LogP contribution in [0.2, 0.25) is 0 Å². The Hall–Kier alpha value is -0.410. The summed E-state index contributed by atoms with van der Waals surface area (Å²) in [4.78, 5) is 15.5. The summed E-state index contributed by atoms with van der Waals surface area (Å²) in [7, 11) is 4.18. The first kappa shape index (κ1) is 10.7. The molecule has 1 rings (SSSR count). The lowest BCUT2D eigenvalue weighted by Crippen LogP contribution is -2.39. The highest BCUT2D eigenvalue weighted by atomic mass is 16.1. The molecule has 3 nitrogen and oxygen atoms in total. The van der Waals surface area contributed by atoms with Gasteiger partial charge in [-0.2, -0.15) is 0 Å². The number of likely N-dealkylation sites (N-methyl/N-ethyl adjacent to an activating group) is 1. The Morgan fingerprint density at radius 2 is 2.23 bits per heavy atom. The summed E-state index contributed by atoms with van der Waals surface area (Å²) in [6.07, 6.45) is 2.48. The van der Waals surface area contributed by atoms with E-state index in [9.17, 15) is 4.79 Å². The maximum atomic E-state index is 11.0. The highest BCUT2D eigenvalue weighted by Crippen LogP contribution is 2.16. The van der Waals surface area contributed by atoms with Crippen LogP contribution in [0.4, 0.5) is 0 Å². The summed E-state index contributed by atoms with van der Waals surface area (Å²) >= 11 is 0. The number of Topliss-reactive ketones (excluding diaryl/α,β-unsaturated/α-hetero) is 1. The first-order valence-corrected chi connectivity index (χ1v) is 4.98. The predicted molar refractivity (Wildman–Crippen MR) is 53.8 cm³/mol. The van der Waals surface area contributed by atoms with Crippen LogP contribution in [0.3, 0.4) is 0 Å². The van der Waals surface area contributed by atoms with Crippen molar-refractivity contribution in [1.82, 2.24) is 9.80 Å². The molecule has 1 aliphatic heterocycles. The molecule has 1 atom stereocenters. The van der Waals surface area contributed by atoms with E-state index >= 15 is 0 Å². The summed E-state index contributed by atoms with van der Waals surface area (Å²) in [5.74, 6) is 0.283. The summed E-state index contributed by atoms with van der Waals surface area (Å²) in [6.45, 7) is 4.48. The van der Waals surface area contributed by atoms with Crippen molar-refractivity contribution >= 4 is 5.78 Å². The van der Waals surface area contributed by atoms with E-state index in [0.29, 0.717) is 12.6 Å². The zero-order valence-corrected chi connectivity index (χ0v) is 8.92. The average molecular weight is 184 g/mol. The van der Waals surface area contributed by atoms with Gasteiger partial charge in [0.15, 0.2) is 0 Å². The Morgan fingerprint density at radius 1 is 1.54 bits per heavy atom. The first-order chi connectivity index (χ1) is 6.09. The number of nitrogens with zero attached hydrogens (tertiary/aromatic N) is 2. The van der Waals surface area contributed by atoms with Crippen LogP contribution < -0.4 is 0 Å². The van der Waals surface area contributed by atoms with Crippen molar-refractivity contribution in [2.24, 2.45) is 0 Å². The van der Waals surface area contributed by atoms with Crippen LogP contribution in [0.15, 0.2) is 0 Å². The molecule has 1 unspecified atom stereocenters. The molecular formula is C10H20N2O. The van der Waals surface area contributed by atoms with Crippen molar-refractivity contribution in [3.05, 3.63) is 0 Å². The molecule has 0 aromatic carbocycles. The van der Waals surface area contributed by atoms with E-state index in [4.69, 9.17) is 0 Å². The highest BCUT2D eigenvalue weighted by Gasteiger charge is 2.25. The van der Waals surface area contributed by atoms with Crippen LogP contribution in [0.5, 0.6) is 0 Å². The van der Waals surface area contributed by atoms with Crippen LogP contribution in [-0.4, -0.2) is 55.4 Å². The van der Waals surface area contributed by atoms with Crippen molar-refractivity contribution < 1.29 is 4.79 Å². The zero-order chi connectivity index (χ0) is 9.84. The van der Waals surface area contributed by atoms with Gasteiger partial charge in [0.05, 0.1) is 6.54 Å². The Labute approximate surface area is 80.7 Å². The molecule has 0 bridgehead atoms. The third-order valence-corrected chi connectivity index (χ3v) is 2.50. The Kier molecular flexibility index (Phi) is 3.88. The molecule has 0 aromatic heterocycles. The van der Waals surface area contributed by atoms with Gasteiger partial charge in [-0.3, -0.25) is 9.69 Å². The van der Waals surface area contributed by atoms with Gasteiger partial charge in [-0.15, -0.1) is 0 Å². The number of carbonyl (C=O) groups is 1. The fourth-order valence-electron chi connectivity index (χ4n) is 2.02. The zero-order valence-electron chi connectivity index (χ0n) is 8.92. The van der Waals surface area contributed by atoms with Gasteiger partial charge in [0.1, 0.15) is 5.78 Å². The SMILES string of the molecule is CC(=O)CN1CCCC1CN(C)C. The third kappa shape index (κ3) is 3.44. The molecule has 3 heteroatoms. The molecule has 1 saturated heterocycles. The second-order valence-corrected chi connectivity index (χ2v) is 4.23. The predicted octanol–water partition coefficient (Wildman–Crippen LogP) is 0.601. The minimum absolute atomic E-state index is 0.283. The summed E-state index contributed by atoms with van der Waals surface area (Å²) in [5, 5.41) is 0. The second kappa shape index (κ2) is 4.72. The van der Waals surface area contributed by atoms with E-state index in [0.717, 1.165) is 13.1 Å². The van der Waals surface area contributed by atoms with Crippen molar-refractivity contribution in [3.8, 4) is 0 Å². The monoisotopic (exact) mass is 184 g/mol. The van der Waals surface area contributed by atoms with Crippen LogP contribution >= 0.6 is 0 Å². The lowest BCUT2D eigenvalue weighted by atomic mass is 10.2. The van der Waals surface area contributed by atoms with Crippen LogP contribution in [0.25, 0.3) is 0 Å². The molecule has 0 saturated carbocycles. The molecule has 1 heterocycles. The molecule has 0 radical (unpaired) electrons. The van der Waals surface area contributed by atoms with Crippen LogP contribution in [0.1, 0.15) is 19.8 Å². The molecule has 1 fully saturated rings. The fraction of sp³-hybridized carbons (Fsp3) is 0.900. The second-order valence-electron chi connectivity index (χ2n) is 4.23. The standard InChI is InChI=1S/C10H20N2O/c1-9(13)7-12-6-4-5-10(12)8-11(2)3/h10H,4-8H2,1-3H3. The van der Waals surface area contributed by atoms with Crippen LogP contribution in [0, 0.1) is 0 Å². The molecule has 0 amide bonds. The molecule has 0 spiro atoms. The third-order valence-electron chi connectivity index (χ3n) is 2.50. The Balaban J connectivity index is 2.39. The van der Waals surface area contributed by atoms with Gasteiger partial charge >= 0.3 is 0 Å². The highest BCUT2D eigenvalue weighted by molar-refractivity contribution is 5.77. The van der Waals surface area contributed by atoms with Gasteiger partial charge in [0.2, 0.25) is 0 Å². The molecule has 76 valence electrons. The lowest BCUT2D eigenvalue weighted by molar-refractivity contribution is -0.118. The number of likely N-dealkylation sites (tertiary alicyclic amines) is 1. The maximum Gasteiger partial charge on any atom is 0.143 e. The number of hydrogen-bond acceptors (Lipinski definition) is 3. The minimum atomic E-state index is 0.283. The summed E-state index contributed by atoms with van der Waals surface area (Å²) < 4.78 is 0. The smallest absolute Gasteiger partial charge is 0.143 e. The number of rotatable bonds is 4. The number of carbonyl (C=O) groups excluding carboxylic acids is 1. The van der Waals surface area contributed by atoms with Crippen LogP contribution in [-0.2, 0) is 4.79 Å². The van der Waals surface area contributed by atoms with Crippen molar-refractivity contribution in [3.63, 3.8) is 0 Å². The van der Waals surface area contributed by atoms with Gasteiger partial charge in [0, 0.05) is 12.6 Å². The maximum absolute atomic E-state index is 11.0. The van der Waals surface area contributed by atoms with Crippen molar-refractivity contribution in [2.45, 2.75) is 25.8 Å². The number of ketones is 1. The quantitative estimate of drug-likeness (QED) is 0.639. The summed E-state index contributed by atoms with van der Waals surface area (Å²) in [6, 6.07) is 0.596. The van der Waals surface area contributed by atoms with Gasteiger partial charge in [-0.25, -0.2) is 0 Å². The fourth-order valence-corrected chi connectivity index (χ4v) is 2.02. The Morgan fingerprint density at radius 3 is 2.77 bits per heavy atom. The van der Waals surface area contributed by atoms with Crippen molar-refractivity contribution in [1.29, 1.82) is 0 Å². The lowest BCUT2D eigenvalue weighted by Gasteiger charge is -2.25. The number of hydrogen-bond donors (Lipinski definition) is 0. The van der Waals surface area contributed by atoms with E-state index < -0.39 is 0 Å². The molecule has 0 aliphatic carbocycles. The van der Waals surface area contributed by atoms with Gasteiger partial charge in [-0.05, 0) is 40.4 Å². The Bertz CT molecular complexity index is 180. The van der Waals surface area contributed by atoms with E-state index in [1.807, 2.05) is 0 Å². The van der Waals surface area contributed by atoms with Gasteiger partial charge in [0.25, 0.3) is 0 Å². The van der Waals surface area contributed by atoms with E-state index in [2.05, 4.69) is 23.9 Å². The largest absolute Gasteiger partial charge is 0.308 e. The first-order valence-electron chi connectivity index (χ1n) is 4.98. The topological polar surface area (TPSA) is 23.6 Å². The van der Waals surface area contributed by atoms with E-state index in [-0.39, 0.29) is 5.78 Å². The van der Waals surface area contributed by atoms with Crippen molar-refractivity contribution in [2.75, 3.05) is 33.7 Å². The molecular weight excluding hydrogens is 164 g/mol. The molecule has 0 N–H and O–H groups in total.